The van der Waals surface area contributed by atoms with E-state index < -0.39 is 0 Å². The number of carbonyl (C=O) groups excluding carboxylic acids is 1. The van der Waals surface area contributed by atoms with E-state index in [9.17, 15) is 4.79 Å². The molecule has 4 nitrogen and oxygen atoms in total. The lowest BCUT2D eigenvalue weighted by Crippen LogP contribution is -2.33. The van der Waals surface area contributed by atoms with Crippen LogP contribution in [-0.4, -0.2) is 21.7 Å². The predicted octanol–water partition coefficient (Wildman–Crippen LogP) is 4.56. The molecule has 0 radical (unpaired) electrons. The molecule has 5 heteroatoms. The molecule has 1 aromatic carbocycles. The van der Waals surface area contributed by atoms with Crippen LogP contribution in [0.15, 0.2) is 24.3 Å². The van der Waals surface area contributed by atoms with Gasteiger partial charge in [-0.3, -0.25) is 4.79 Å². The van der Waals surface area contributed by atoms with E-state index in [0.29, 0.717) is 28.6 Å². The molecular formula is C20H22ClN3O. The molecule has 2 aromatic rings. The highest BCUT2D eigenvalue weighted by Gasteiger charge is 2.44. The van der Waals surface area contributed by atoms with E-state index in [2.05, 4.69) is 5.32 Å². The van der Waals surface area contributed by atoms with Gasteiger partial charge >= 0.3 is 0 Å². The molecular weight excluding hydrogens is 334 g/mol. The van der Waals surface area contributed by atoms with Crippen molar-refractivity contribution in [1.82, 2.24) is 15.1 Å². The van der Waals surface area contributed by atoms with E-state index >= 15 is 0 Å². The highest BCUT2D eigenvalue weighted by Crippen LogP contribution is 2.54. The molecule has 2 fully saturated rings. The van der Waals surface area contributed by atoms with E-state index in [1.165, 1.54) is 43.4 Å². The van der Waals surface area contributed by atoms with Gasteiger partial charge in [-0.05, 0) is 62.3 Å². The van der Waals surface area contributed by atoms with E-state index in [4.69, 9.17) is 16.7 Å². The van der Waals surface area contributed by atoms with Crippen LogP contribution in [0.4, 0.5) is 0 Å². The van der Waals surface area contributed by atoms with Crippen molar-refractivity contribution in [2.45, 2.75) is 62.8 Å². The standard InChI is InChI=1S/C20H22ClN3O/c21-14-7-9-16(10-8-14)24-19-13-6-5-12(11-13)17(19)18(23-24)20(25)22-15-3-1-2-4-15/h7-10,12-13,15H,1-6,11H2,(H,22,25)/t12-,13-/m0/s1. The topological polar surface area (TPSA) is 46.9 Å². The summed E-state index contributed by atoms with van der Waals surface area (Å²) in [4.78, 5) is 12.9. The summed E-state index contributed by atoms with van der Waals surface area (Å²) in [6.07, 6.45) is 8.19. The quantitative estimate of drug-likeness (QED) is 0.877. The van der Waals surface area contributed by atoms with Crippen molar-refractivity contribution in [2.75, 3.05) is 0 Å². The summed E-state index contributed by atoms with van der Waals surface area (Å²) in [5, 5.41) is 8.71. The van der Waals surface area contributed by atoms with Crippen LogP contribution in [0.3, 0.4) is 0 Å². The van der Waals surface area contributed by atoms with E-state index in [1.54, 1.807) is 0 Å². The van der Waals surface area contributed by atoms with Gasteiger partial charge in [-0.25, -0.2) is 4.68 Å². The van der Waals surface area contributed by atoms with Crippen molar-refractivity contribution in [2.24, 2.45) is 0 Å². The molecule has 130 valence electrons. The van der Waals surface area contributed by atoms with Gasteiger partial charge in [-0.1, -0.05) is 24.4 Å². The second-order valence-electron chi connectivity index (χ2n) is 7.70. The van der Waals surface area contributed by atoms with Gasteiger partial charge in [0.25, 0.3) is 5.91 Å². The average molecular weight is 356 g/mol. The van der Waals surface area contributed by atoms with Crippen molar-refractivity contribution in [3.63, 3.8) is 0 Å². The first kappa shape index (κ1) is 15.4. The minimum Gasteiger partial charge on any atom is -0.348 e. The zero-order valence-corrected chi connectivity index (χ0v) is 14.9. The molecule has 1 amide bonds. The highest BCUT2D eigenvalue weighted by atomic mass is 35.5. The van der Waals surface area contributed by atoms with Crippen molar-refractivity contribution in [1.29, 1.82) is 0 Å². The fourth-order valence-electron chi connectivity index (χ4n) is 5.00. The molecule has 25 heavy (non-hydrogen) atoms. The van der Waals surface area contributed by atoms with Gasteiger partial charge in [0.1, 0.15) is 0 Å². The molecule has 2 bridgehead atoms. The number of fused-ring (bicyclic) bond motifs is 5. The van der Waals surface area contributed by atoms with E-state index in [-0.39, 0.29) is 5.91 Å². The number of amides is 1. The molecule has 1 aromatic heterocycles. The van der Waals surface area contributed by atoms with Crippen LogP contribution in [0, 0.1) is 0 Å². The lowest BCUT2D eigenvalue weighted by molar-refractivity contribution is 0.0931. The first-order chi connectivity index (χ1) is 12.2. The van der Waals surface area contributed by atoms with Crippen LogP contribution in [0.25, 0.3) is 5.69 Å². The third-order valence-corrected chi connectivity index (χ3v) is 6.42. The summed E-state index contributed by atoms with van der Waals surface area (Å²) in [5.74, 6) is 1.06. The first-order valence-corrected chi connectivity index (χ1v) is 9.78. The second kappa shape index (κ2) is 5.87. The molecule has 0 saturated heterocycles. The summed E-state index contributed by atoms with van der Waals surface area (Å²) >= 11 is 6.04. The van der Waals surface area contributed by atoms with Crippen molar-refractivity contribution in [3.05, 3.63) is 46.2 Å². The summed E-state index contributed by atoms with van der Waals surface area (Å²) < 4.78 is 2.00. The lowest BCUT2D eigenvalue weighted by Gasteiger charge is -2.14. The van der Waals surface area contributed by atoms with Crippen LogP contribution >= 0.6 is 11.6 Å². The zero-order chi connectivity index (χ0) is 17.0. The van der Waals surface area contributed by atoms with Gasteiger partial charge in [-0.2, -0.15) is 5.10 Å². The van der Waals surface area contributed by atoms with Gasteiger partial charge in [0.2, 0.25) is 0 Å². The molecule has 2 atom stereocenters. The largest absolute Gasteiger partial charge is 0.348 e. The Kier molecular flexibility index (Phi) is 3.63. The number of halogens is 1. The maximum atomic E-state index is 12.9. The van der Waals surface area contributed by atoms with Crippen molar-refractivity contribution < 1.29 is 4.79 Å². The Morgan fingerprint density at radius 1 is 1.08 bits per heavy atom. The molecule has 2 saturated carbocycles. The van der Waals surface area contributed by atoms with Gasteiger partial charge in [-0.15, -0.1) is 0 Å². The SMILES string of the molecule is O=C(NC1CCCC1)c1nn(-c2ccc(Cl)cc2)c2c1[C@H]1CC[C@H]2C1. The van der Waals surface area contributed by atoms with Gasteiger partial charge in [0, 0.05) is 22.5 Å². The zero-order valence-electron chi connectivity index (χ0n) is 14.2. The summed E-state index contributed by atoms with van der Waals surface area (Å²) in [5.41, 5.74) is 4.12. The van der Waals surface area contributed by atoms with Gasteiger partial charge in [0.05, 0.1) is 11.4 Å². The predicted molar refractivity (Wildman–Crippen MR) is 97.6 cm³/mol. The molecule has 0 spiro atoms. The minimum atomic E-state index is 0.0170. The van der Waals surface area contributed by atoms with Crippen LogP contribution in [-0.2, 0) is 0 Å². The number of nitrogens with one attached hydrogen (secondary N) is 1. The summed E-state index contributed by atoms with van der Waals surface area (Å²) in [6.45, 7) is 0. The minimum absolute atomic E-state index is 0.0170. The third kappa shape index (κ3) is 2.50. The Morgan fingerprint density at radius 2 is 1.80 bits per heavy atom. The smallest absolute Gasteiger partial charge is 0.272 e. The van der Waals surface area contributed by atoms with Crippen LogP contribution in [0.2, 0.25) is 5.02 Å². The number of aromatic nitrogens is 2. The third-order valence-electron chi connectivity index (χ3n) is 6.16. The summed E-state index contributed by atoms with van der Waals surface area (Å²) in [7, 11) is 0. The molecule has 3 aliphatic carbocycles. The molecule has 5 rings (SSSR count). The van der Waals surface area contributed by atoms with Crippen molar-refractivity contribution in [3.8, 4) is 5.69 Å². The molecule has 0 unspecified atom stereocenters. The average Bonchev–Trinajstić information content (AvgIpc) is 3.38. The van der Waals surface area contributed by atoms with Gasteiger partial charge < -0.3 is 5.32 Å². The maximum absolute atomic E-state index is 12.9. The second-order valence-corrected chi connectivity index (χ2v) is 8.13. The number of benzene rings is 1. The van der Waals surface area contributed by atoms with Crippen LogP contribution < -0.4 is 5.32 Å². The first-order valence-electron chi connectivity index (χ1n) is 9.40. The molecule has 1 heterocycles. The van der Waals surface area contributed by atoms with E-state index in [0.717, 1.165) is 18.5 Å². The van der Waals surface area contributed by atoms with Crippen molar-refractivity contribution >= 4 is 17.5 Å². The molecule has 0 aliphatic heterocycles. The number of hydrogen-bond donors (Lipinski definition) is 1. The highest BCUT2D eigenvalue weighted by molar-refractivity contribution is 6.30. The monoisotopic (exact) mass is 355 g/mol. The molecule has 3 aliphatic rings. The van der Waals surface area contributed by atoms with E-state index in [1.807, 2.05) is 28.9 Å². The Labute approximate surface area is 152 Å². The van der Waals surface area contributed by atoms with Crippen LogP contribution in [0.1, 0.15) is 78.5 Å². The van der Waals surface area contributed by atoms with Gasteiger partial charge in [0.15, 0.2) is 5.69 Å². The summed E-state index contributed by atoms with van der Waals surface area (Å²) in [6, 6.07) is 8.07. The number of rotatable bonds is 3. The fourth-order valence-corrected chi connectivity index (χ4v) is 5.13. The Balaban J connectivity index is 1.55. The van der Waals surface area contributed by atoms with Crippen LogP contribution in [0.5, 0.6) is 0 Å². The number of hydrogen-bond acceptors (Lipinski definition) is 2. The Bertz CT molecular complexity index is 820. The normalized spacial score (nSPS) is 24.7. The number of carbonyl (C=O) groups is 1. The Hall–Kier alpha value is -1.81. The maximum Gasteiger partial charge on any atom is 0.272 e. The lowest BCUT2D eigenvalue weighted by atomic mass is 9.95. The fraction of sp³-hybridized carbons (Fsp3) is 0.500. The molecule has 1 N–H and O–H groups in total. The number of nitrogens with zero attached hydrogens (tertiary/aromatic N) is 2. The Morgan fingerprint density at radius 3 is 2.56 bits per heavy atom.